The van der Waals surface area contributed by atoms with Crippen molar-refractivity contribution in [1.82, 2.24) is 0 Å². The number of phosphoric ester groups is 1. The predicted molar refractivity (Wildman–Crippen MR) is 225 cm³/mol. The average Bonchev–Trinajstić information content (AvgIpc) is 3.14. The number of carbonyl (C=O) groups excluding carboxylic acids is 2. The Bertz CT molecular complexity index is 1100. The third-order valence-electron chi connectivity index (χ3n) is 8.71. The molecule has 0 saturated heterocycles. The van der Waals surface area contributed by atoms with E-state index in [-0.39, 0.29) is 19.4 Å². The molecule has 0 aliphatic heterocycles. The number of unbranched alkanes of at least 4 members (excludes halogenated alkanes) is 16. The molecule has 310 valence electrons. The molecule has 8 nitrogen and oxygen atoms in total. The standard InChI is InChI=1S/C45H77O8P/c1-3-5-7-9-11-13-15-17-19-21-22-24-26-28-30-32-34-36-38-40-45(47)53-43(42-52-54(48,49)50)41-51-44(46)39-37-35-33-31-29-27-25-23-20-18-16-14-12-10-8-6-4-2/h5,7,11,13,17-20,22,24,28,30,43H,3-4,6,8-10,12,14-16,21,23,25-27,29,31-42H2,1-2H3,(H2,48,49,50)/b7-5+,13-11+,19-17+,20-18+,24-22+,30-28+/t43-/m1/s1. The monoisotopic (exact) mass is 777 g/mol. The second kappa shape index (κ2) is 40.2. The third-order valence-corrected chi connectivity index (χ3v) is 9.19. The number of ether oxygens (including phenoxy) is 2. The molecule has 54 heavy (non-hydrogen) atoms. The van der Waals surface area contributed by atoms with Gasteiger partial charge in [-0.1, -0.05) is 157 Å². The molecule has 0 aromatic carbocycles. The molecule has 0 fully saturated rings. The van der Waals surface area contributed by atoms with E-state index >= 15 is 0 Å². The third kappa shape index (κ3) is 42.2. The van der Waals surface area contributed by atoms with E-state index in [0.717, 1.165) is 77.0 Å². The lowest BCUT2D eigenvalue weighted by molar-refractivity contribution is -0.161. The minimum Gasteiger partial charge on any atom is -0.462 e. The van der Waals surface area contributed by atoms with Gasteiger partial charge in [0.25, 0.3) is 0 Å². The van der Waals surface area contributed by atoms with Gasteiger partial charge >= 0.3 is 19.8 Å². The van der Waals surface area contributed by atoms with E-state index in [1.807, 2.05) is 0 Å². The number of allylic oxidation sites excluding steroid dienone is 12. The summed E-state index contributed by atoms with van der Waals surface area (Å²) in [5, 5.41) is 0. The molecule has 0 heterocycles. The Kier molecular flexibility index (Phi) is 38.3. The number of esters is 2. The van der Waals surface area contributed by atoms with Crippen LogP contribution in [0.25, 0.3) is 0 Å². The van der Waals surface area contributed by atoms with E-state index in [9.17, 15) is 14.2 Å². The summed E-state index contributed by atoms with van der Waals surface area (Å²) in [5.41, 5.74) is 0. The molecule has 2 N–H and O–H groups in total. The van der Waals surface area contributed by atoms with E-state index < -0.39 is 32.5 Å². The summed E-state index contributed by atoms with van der Waals surface area (Å²) in [5.74, 6) is -0.931. The van der Waals surface area contributed by atoms with E-state index in [4.69, 9.17) is 19.3 Å². The Labute approximate surface area is 329 Å². The van der Waals surface area contributed by atoms with Gasteiger partial charge in [-0.2, -0.15) is 0 Å². The maximum atomic E-state index is 12.4. The van der Waals surface area contributed by atoms with Crippen molar-refractivity contribution in [2.45, 2.75) is 187 Å². The van der Waals surface area contributed by atoms with Crippen LogP contribution in [-0.4, -0.2) is 41.0 Å². The molecule has 0 aromatic heterocycles. The van der Waals surface area contributed by atoms with Crippen LogP contribution < -0.4 is 0 Å². The summed E-state index contributed by atoms with van der Waals surface area (Å²) in [6.45, 7) is 3.53. The predicted octanol–water partition coefficient (Wildman–Crippen LogP) is 13.1. The highest BCUT2D eigenvalue weighted by Gasteiger charge is 2.22. The molecule has 0 aliphatic rings. The van der Waals surface area contributed by atoms with E-state index in [1.54, 1.807) is 0 Å². The molecule has 9 heteroatoms. The van der Waals surface area contributed by atoms with Gasteiger partial charge in [-0.25, -0.2) is 4.57 Å². The Hall–Kier alpha value is -2.51. The van der Waals surface area contributed by atoms with Crippen molar-refractivity contribution in [3.8, 4) is 0 Å². The topological polar surface area (TPSA) is 119 Å². The van der Waals surface area contributed by atoms with Gasteiger partial charge in [0.05, 0.1) is 6.61 Å². The van der Waals surface area contributed by atoms with Crippen LogP contribution in [0.15, 0.2) is 72.9 Å². The van der Waals surface area contributed by atoms with Gasteiger partial charge in [0, 0.05) is 12.8 Å². The first kappa shape index (κ1) is 51.5. The number of hydrogen-bond donors (Lipinski definition) is 2. The van der Waals surface area contributed by atoms with Gasteiger partial charge < -0.3 is 19.3 Å². The van der Waals surface area contributed by atoms with E-state index in [2.05, 4.69) is 91.3 Å². The van der Waals surface area contributed by atoms with Crippen LogP contribution in [0.1, 0.15) is 181 Å². The smallest absolute Gasteiger partial charge is 0.462 e. The van der Waals surface area contributed by atoms with E-state index in [1.165, 1.54) is 64.2 Å². The molecule has 0 saturated carbocycles. The highest BCUT2D eigenvalue weighted by Crippen LogP contribution is 2.36. The molecule has 0 aliphatic carbocycles. The van der Waals surface area contributed by atoms with Crippen LogP contribution in [-0.2, 0) is 28.2 Å². The van der Waals surface area contributed by atoms with Gasteiger partial charge in [-0.15, -0.1) is 0 Å². The fraction of sp³-hybridized carbons (Fsp3) is 0.689. The van der Waals surface area contributed by atoms with Crippen LogP contribution in [0.5, 0.6) is 0 Å². The first-order chi connectivity index (χ1) is 26.3. The van der Waals surface area contributed by atoms with Gasteiger partial charge in [0.15, 0.2) is 6.10 Å². The summed E-state index contributed by atoms with van der Waals surface area (Å²) >= 11 is 0. The Balaban J connectivity index is 4.01. The zero-order valence-electron chi connectivity index (χ0n) is 34.1. The highest BCUT2D eigenvalue weighted by molar-refractivity contribution is 7.46. The number of carbonyl (C=O) groups is 2. The first-order valence-electron chi connectivity index (χ1n) is 21.2. The van der Waals surface area contributed by atoms with Crippen molar-refractivity contribution >= 4 is 19.8 Å². The molecular weight excluding hydrogens is 699 g/mol. The molecular formula is C45H77O8P. The van der Waals surface area contributed by atoms with E-state index in [0.29, 0.717) is 12.8 Å². The Morgan fingerprint density at radius 2 is 0.889 bits per heavy atom. The summed E-state index contributed by atoms with van der Waals surface area (Å²) in [6.07, 6.45) is 51.9. The normalized spacial score (nSPS) is 13.2. The quantitative estimate of drug-likeness (QED) is 0.0275. The largest absolute Gasteiger partial charge is 0.469 e. The first-order valence-corrected chi connectivity index (χ1v) is 22.8. The van der Waals surface area contributed by atoms with Gasteiger partial charge in [-0.05, 0) is 83.5 Å². The second-order valence-corrected chi connectivity index (χ2v) is 15.2. The molecule has 0 bridgehead atoms. The summed E-state index contributed by atoms with van der Waals surface area (Å²) in [6, 6.07) is 0. The minimum absolute atomic E-state index is 0.169. The summed E-state index contributed by atoms with van der Waals surface area (Å²) in [7, 11) is -4.77. The summed E-state index contributed by atoms with van der Waals surface area (Å²) in [4.78, 5) is 42.9. The van der Waals surface area contributed by atoms with Crippen molar-refractivity contribution in [3.63, 3.8) is 0 Å². The van der Waals surface area contributed by atoms with Crippen molar-refractivity contribution in [2.24, 2.45) is 0 Å². The maximum Gasteiger partial charge on any atom is 0.469 e. The lowest BCUT2D eigenvalue weighted by atomic mass is 10.1. The van der Waals surface area contributed by atoms with Crippen LogP contribution in [0, 0.1) is 0 Å². The van der Waals surface area contributed by atoms with Crippen LogP contribution in [0.3, 0.4) is 0 Å². The number of hydrogen-bond acceptors (Lipinski definition) is 6. The fourth-order valence-corrected chi connectivity index (χ4v) is 5.93. The Morgan fingerprint density at radius 1 is 0.500 bits per heavy atom. The van der Waals surface area contributed by atoms with Crippen molar-refractivity contribution in [2.75, 3.05) is 13.2 Å². The van der Waals surface area contributed by atoms with Crippen molar-refractivity contribution < 1.29 is 37.9 Å². The lowest BCUT2D eigenvalue weighted by Gasteiger charge is -2.18. The fourth-order valence-electron chi connectivity index (χ4n) is 5.57. The number of phosphoric acid groups is 1. The zero-order chi connectivity index (χ0) is 39.6. The summed E-state index contributed by atoms with van der Waals surface area (Å²) < 4.78 is 26.4. The van der Waals surface area contributed by atoms with Crippen LogP contribution >= 0.6 is 7.82 Å². The molecule has 0 spiro atoms. The minimum atomic E-state index is -4.77. The highest BCUT2D eigenvalue weighted by atomic mass is 31.2. The molecule has 0 radical (unpaired) electrons. The molecule has 0 aromatic rings. The molecule has 0 unspecified atom stereocenters. The average molecular weight is 777 g/mol. The SMILES string of the molecule is CC/C=C/C/C=C/C/C=C/C/C=C/C/C=C/CCCCCC(=O)O[C@H](COC(=O)CCCCCCCCC/C=C/CCCCCCCC)COP(=O)(O)O. The van der Waals surface area contributed by atoms with Crippen LogP contribution in [0.4, 0.5) is 0 Å². The zero-order valence-corrected chi connectivity index (χ0v) is 35.0. The number of rotatable bonds is 38. The molecule has 1 atom stereocenters. The van der Waals surface area contributed by atoms with Gasteiger partial charge in [0.1, 0.15) is 6.61 Å². The van der Waals surface area contributed by atoms with Crippen molar-refractivity contribution in [3.05, 3.63) is 72.9 Å². The van der Waals surface area contributed by atoms with Gasteiger partial charge in [0.2, 0.25) is 0 Å². The van der Waals surface area contributed by atoms with Gasteiger partial charge in [-0.3, -0.25) is 14.1 Å². The molecule has 0 amide bonds. The second-order valence-electron chi connectivity index (χ2n) is 13.9. The Morgan fingerprint density at radius 3 is 1.37 bits per heavy atom. The van der Waals surface area contributed by atoms with Crippen LogP contribution in [0.2, 0.25) is 0 Å². The van der Waals surface area contributed by atoms with Crippen molar-refractivity contribution in [1.29, 1.82) is 0 Å². The lowest BCUT2D eigenvalue weighted by Crippen LogP contribution is -2.29. The molecule has 0 rings (SSSR count). The maximum absolute atomic E-state index is 12.4.